The minimum atomic E-state index is -0.150. The van der Waals surface area contributed by atoms with Gasteiger partial charge >= 0.3 is 0 Å². The van der Waals surface area contributed by atoms with Gasteiger partial charge in [-0.05, 0) is 31.7 Å². The molecule has 0 bridgehead atoms. The Kier molecular flexibility index (Phi) is 5.10. The van der Waals surface area contributed by atoms with E-state index in [1.807, 2.05) is 24.3 Å². The van der Waals surface area contributed by atoms with Crippen molar-refractivity contribution >= 4 is 22.7 Å². The number of aromatic nitrogens is 2. The summed E-state index contributed by atoms with van der Waals surface area (Å²) in [6.07, 6.45) is 3.79. The van der Waals surface area contributed by atoms with E-state index in [1.54, 1.807) is 0 Å². The summed E-state index contributed by atoms with van der Waals surface area (Å²) in [5, 5.41) is 13.9. The Bertz CT molecular complexity index is 719. The predicted octanol–water partition coefficient (Wildman–Crippen LogP) is 1.07. The molecule has 0 radical (unpaired) electrons. The molecule has 24 heavy (non-hydrogen) atoms. The Labute approximate surface area is 140 Å². The van der Waals surface area contributed by atoms with Crippen molar-refractivity contribution in [2.45, 2.75) is 44.2 Å². The molecule has 0 atom stereocenters. The summed E-state index contributed by atoms with van der Waals surface area (Å²) in [5.74, 6) is -0.143. The van der Waals surface area contributed by atoms with Crippen LogP contribution in [0.25, 0.3) is 10.9 Å². The molecule has 1 fully saturated rings. The van der Waals surface area contributed by atoms with Gasteiger partial charge in [-0.25, -0.2) is 0 Å². The smallest absolute Gasteiger partial charge is 0.272 e. The van der Waals surface area contributed by atoms with Crippen LogP contribution in [0.4, 0.5) is 0 Å². The van der Waals surface area contributed by atoms with Gasteiger partial charge in [0.25, 0.3) is 5.91 Å². The second-order valence-corrected chi connectivity index (χ2v) is 6.25. The lowest BCUT2D eigenvalue weighted by Gasteiger charge is -2.29. The maximum absolute atomic E-state index is 12.5. The molecule has 0 spiro atoms. The zero-order chi connectivity index (χ0) is 16.9. The number of carbonyl (C=O) groups is 2. The van der Waals surface area contributed by atoms with Crippen molar-refractivity contribution in [3.05, 3.63) is 30.0 Å². The molecule has 128 valence electrons. The van der Waals surface area contributed by atoms with Crippen LogP contribution >= 0.6 is 0 Å². The molecular formula is C17H23N5O2. The van der Waals surface area contributed by atoms with Crippen LogP contribution in [-0.4, -0.2) is 40.6 Å². The highest BCUT2D eigenvalue weighted by Gasteiger charge is 2.24. The Morgan fingerprint density at radius 1 is 1.12 bits per heavy atom. The molecule has 0 unspecified atom stereocenters. The lowest BCUT2D eigenvalue weighted by Crippen LogP contribution is -2.44. The number of para-hydroxylation sites is 1. The lowest BCUT2D eigenvalue weighted by molar-refractivity contribution is -0.121. The van der Waals surface area contributed by atoms with Gasteiger partial charge in [-0.1, -0.05) is 18.2 Å². The molecule has 0 saturated heterocycles. The van der Waals surface area contributed by atoms with Crippen molar-refractivity contribution in [2.24, 2.45) is 5.73 Å². The molecule has 5 N–H and O–H groups in total. The molecule has 1 aliphatic carbocycles. The van der Waals surface area contributed by atoms with Gasteiger partial charge in [0.2, 0.25) is 5.91 Å². The van der Waals surface area contributed by atoms with E-state index in [0.29, 0.717) is 18.7 Å². The molecule has 1 saturated carbocycles. The van der Waals surface area contributed by atoms with Crippen molar-refractivity contribution in [2.75, 3.05) is 6.54 Å². The Balaban J connectivity index is 1.53. The van der Waals surface area contributed by atoms with Crippen molar-refractivity contribution in [3.8, 4) is 0 Å². The number of nitrogens with two attached hydrogens (primary N) is 1. The number of nitrogens with one attached hydrogen (secondary N) is 3. The fourth-order valence-electron chi connectivity index (χ4n) is 3.20. The summed E-state index contributed by atoms with van der Waals surface area (Å²) in [4.78, 5) is 24.0. The third-order valence-electron chi connectivity index (χ3n) is 4.48. The maximum atomic E-state index is 12.5. The summed E-state index contributed by atoms with van der Waals surface area (Å²) in [6.45, 7) is 0.370. The van der Waals surface area contributed by atoms with Gasteiger partial charge in [-0.2, -0.15) is 5.10 Å². The Morgan fingerprint density at radius 3 is 2.50 bits per heavy atom. The monoisotopic (exact) mass is 329 g/mol. The minimum absolute atomic E-state index is 0.00739. The topological polar surface area (TPSA) is 113 Å². The zero-order valence-corrected chi connectivity index (χ0v) is 13.5. The lowest BCUT2D eigenvalue weighted by atomic mass is 9.91. The molecule has 1 heterocycles. The fourth-order valence-corrected chi connectivity index (χ4v) is 3.20. The van der Waals surface area contributed by atoms with Gasteiger partial charge in [0.1, 0.15) is 0 Å². The van der Waals surface area contributed by atoms with Crippen LogP contribution in [0.15, 0.2) is 24.3 Å². The molecule has 2 amide bonds. The second-order valence-electron chi connectivity index (χ2n) is 6.25. The molecule has 0 aliphatic heterocycles. The van der Waals surface area contributed by atoms with Crippen molar-refractivity contribution in [1.29, 1.82) is 0 Å². The Hall–Kier alpha value is -2.41. The number of H-pyrrole nitrogens is 1. The van der Waals surface area contributed by atoms with Gasteiger partial charge < -0.3 is 16.4 Å². The molecule has 3 rings (SSSR count). The van der Waals surface area contributed by atoms with E-state index in [2.05, 4.69) is 20.8 Å². The first-order chi connectivity index (χ1) is 11.7. The van der Waals surface area contributed by atoms with Crippen LogP contribution in [-0.2, 0) is 4.79 Å². The quantitative estimate of drug-likeness (QED) is 0.657. The largest absolute Gasteiger partial charge is 0.353 e. The number of fused-ring (bicyclic) bond motifs is 1. The summed E-state index contributed by atoms with van der Waals surface area (Å²) < 4.78 is 0. The normalized spacial score (nSPS) is 20.7. The van der Waals surface area contributed by atoms with Crippen molar-refractivity contribution in [1.82, 2.24) is 20.8 Å². The first kappa shape index (κ1) is 16.4. The number of benzene rings is 1. The van der Waals surface area contributed by atoms with E-state index in [4.69, 9.17) is 5.73 Å². The van der Waals surface area contributed by atoms with E-state index < -0.39 is 0 Å². The number of hydrogen-bond donors (Lipinski definition) is 4. The highest BCUT2D eigenvalue weighted by Crippen LogP contribution is 2.20. The van der Waals surface area contributed by atoms with Gasteiger partial charge in [-0.15, -0.1) is 0 Å². The van der Waals surface area contributed by atoms with Gasteiger partial charge in [-0.3, -0.25) is 14.7 Å². The maximum Gasteiger partial charge on any atom is 0.272 e. The molecule has 1 aromatic heterocycles. The average molecular weight is 329 g/mol. The number of rotatable bonds is 5. The summed E-state index contributed by atoms with van der Waals surface area (Å²) >= 11 is 0. The van der Waals surface area contributed by atoms with E-state index in [-0.39, 0.29) is 23.9 Å². The van der Waals surface area contributed by atoms with Crippen molar-refractivity contribution < 1.29 is 9.59 Å². The van der Waals surface area contributed by atoms with Crippen LogP contribution in [0.3, 0.4) is 0 Å². The number of aromatic amines is 1. The Morgan fingerprint density at radius 2 is 1.79 bits per heavy atom. The average Bonchev–Trinajstić information content (AvgIpc) is 3.01. The first-order valence-corrected chi connectivity index (χ1v) is 8.40. The SMILES string of the molecule is NCCC(=O)NC1CCC(NC(=O)c2n[nH]c3ccccc23)CC1. The number of nitrogens with zero attached hydrogens (tertiary/aromatic N) is 1. The molecule has 2 aromatic rings. The van der Waals surface area contributed by atoms with Gasteiger partial charge in [0, 0.05) is 30.4 Å². The van der Waals surface area contributed by atoms with Gasteiger partial charge in [0.05, 0.1) is 5.52 Å². The third kappa shape index (κ3) is 3.73. The molecule has 7 heteroatoms. The summed E-state index contributed by atoms with van der Waals surface area (Å²) in [6, 6.07) is 7.89. The van der Waals surface area contributed by atoms with Crippen molar-refractivity contribution in [3.63, 3.8) is 0 Å². The molecular weight excluding hydrogens is 306 g/mol. The third-order valence-corrected chi connectivity index (χ3v) is 4.48. The van der Waals surface area contributed by atoms with Crippen LogP contribution < -0.4 is 16.4 Å². The number of amides is 2. The molecule has 1 aromatic carbocycles. The van der Waals surface area contributed by atoms with E-state index in [0.717, 1.165) is 36.6 Å². The second kappa shape index (κ2) is 7.44. The zero-order valence-electron chi connectivity index (χ0n) is 13.5. The molecule has 7 nitrogen and oxygen atoms in total. The van der Waals surface area contributed by atoms with Crippen LogP contribution in [0.5, 0.6) is 0 Å². The summed E-state index contributed by atoms with van der Waals surface area (Å²) in [7, 11) is 0. The highest BCUT2D eigenvalue weighted by atomic mass is 16.2. The predicted molar refractivity (Wildman–Crippen MR) is 91.4 cm³/mol. The van der Waals surface area contributed by atoms with Gasteiger partial charge in [0.15, 0.2) is 5.69 Å². The first-order valence-electron chi connectivity index (χ1n) is 8.40. The molecule has 1 aliphatic rings. The van der Waals surface area contributed by atoms with E-state index >= 15 is 0 Å². The van der Waals surface area contributed by atoms with E-state index in [9.17, 15) is 9.59 Å². The fraction of sp³-hybridized carbons (Fsp3) is 0.471. The standard InChI is InChI=1S/C17H23N5O2/c18-10-9-15(23)19-11-5-7-12(8-6-11)20-17(24)16-13-3-1-2-4-14(13)21-22-16/h1-4,11-12H,5-10,18H2,(H,19,23)(H,20,24)(H,21,22). The minimum Gasteiger partial charge on any atom is -0.353 e. The van der Waals surface area contributed by atoms with Crippen LogP contribution in [0, 0.1) is 0 Å². The van der Waals surface area contributed by atoms with Crippen LogP contribution in [0.1, 0.15) is 42.6 Å². The van der Waals surface area contributed by atoms with E-state index in [1.165, 1.54) is 0 Å². The summed E-state index contributed by atoms with van der Waals surface area (Å²) in [5.41, 5.74) is 6.67. The number of hydrogen-bond acceptors (Lipinski definition) is 4. The van der Waals surface area contributed by atoms with Crippen LogP contribution in [0.2, 0.25) is 0 Å². The number of carbonyl (C=O) groups excluding carboxylic acids is 2. The highest BCUT2D eigenvalue weighted by molar-refractivity contribution is 6.04.